The third-order valence-corrected chi connectivity index (χ3v) is 3.92. The summed E-state index contributed by atoms with van der Waals surface area (Å²) in [5, 5.41) is 8.01. The molecule has 1 atom stereocenters. The molecule has 0 fully saturated rings. The van der Waals surface area contributed by atoms with Crippen molar-refractivity contribution in [2.45, 2.75) is 39.9 Å². The maximum absolute atomic E-state index is 5.46. The molecule has 6 nitrogen and oxygen atoms in total. The quantitative estimate of drug-likeness (QED) is 0.865. The Bertz CT molecular complexity index is 703. The van der Waals surface area contributed by atoms with Crippen molar-refractivity contribution in [3.8, 4) is 17.2 Å². The van der Waals surface area contributed by atoms with Gasteiger partial charge in [0.1, 0.15) is 0 Å². The number of nitrogens with one attached hydrogen (secondary N) is 1. The molecule has 1 aromatic carbocycles. The second kappa shape index (κ2) is 7.77. The summed E-state index contributed by atoms with van der Waals surface area (Å²) < 4.78 is 18.3. The fourth-order valence-electron chi connectivity index (χ4n) is 2.76. The van der Waals surface area contributed by atoms with E-state index in [-0.39, 0.29) is 19.2 Å². The zero-order chi connectivity index (χ0) is 16.4. The normalized spacial score (nSPS) is 13.5. The Hall–Kier alpha value is -1.92. The Morgan fingerprint density at radius 1 is 1.29 bits per heavy atom. The van der Waals surface area contributed by atoms with Gasteiger partial charge in [-0.3, -0.25) is 4.68 Å². The molecule has 1 aromatic heterocycles. The Labute approximate surface area is 148 Å². The highest BCUT2D eigenvalue weighted by atomic mass is 35.5. The first-order chi connectivity index (χ1) is 11.1. The predicted octanol–water partition coefficient (Wildman–Crippen LogP) is 2.84. The van der Waals surface area contributed by atoms with Crippen LogP contribution in [0, 0.1) is 13.8 Å². The van der Waals surface area contributed by atoms with Crippen molar-refractivity contribution in [2.24, 2.45) is 0 Å². The fraction of sp³-hybridized carbons (Fsp3) is 0.471. The summed E-state index contributed by atoms with van der Waals surface area (Å²) in [7, 11) is 1.64. The van der Waals surface area contributed by atoms with Crippen molar-refractivity contribution in [1.29, 1.82) is 0 Å². The maximum atomic E-state index is 5.46. The summed E-state index contributed by atoms with van der Waals surface area (Å²) in [6, 6.07) is 6.37. The standard InChI is InChI=1S/C17H23N3O3.ClH/c1-11-5-13(3)20(19-11)9-12(2)18-8-14-6-15(21-4)17-16(7-14)22-10-23-17;/h5-7,12,18H,8-10H2,1-4H3;1H. The molecule has 2 heterocycles. The molecular weight excluding hydrogens is 330 g/mol. The molecule has 1 N–H and O–H groups in total. The third-order valence-electron chi connectivity index (χ3n) is 3.92. The van der Waals surface area contributed by atoms with E-state index in [1.807, 2.05) is 23.7 Å². The summed E-state index contributed by atoms with van der Waals surface area (Å²) in [4.78, 5) is 0. The molecule has 0 saturated heterocycles. The van der Waals surface area contributed by atoms with Crippen LogP contribution in [0.4, 0.5) is 0 Å². The molecule has 7 heteroatoms. The molecule has 1 aliphatic rings. The van der Waals surface area contributed by atoms with Crippen LogP contribution in [-0.2, 0) is 13.1 Å². The molecule has 132 valence electrons. The first-order valence-corrected chi connectivity index (χ1v) is 7.77. The minimum atomic E-state index is 0. The molecule has 2 aromatic rings. The van der Waals surface area contributed by atoms with Crippen molar-refractivity contribution in [3.05, 3.63) is 35.2 Å². The van der Waals surface area contributed by atoms with Crippen molar-refractivity contribution in [3.63, 3.8) is 0 Å². The Morgan fingerprint density at radius 2 is 2.08 bits per heavy atom. The topological polar surface area (TPSA) is 57.5 Å². The van der Waals surface area contributed by atoms with Crippen LogP contribution in [0.3, 0.4) is 0 Å². The summed E-state index contributed by atoms with van der Waals surface area (Å²) in [5.41, 5.74) is 3.34. The lowest BCUT2D eigenvalue weighted by Gasteiger charge is -2.16. The molecular formula is C17H24ClN3O3. The molecule has 0 radical (unpaired) electrons. The zero-order valence-electron chi connectivity index (χ0n) is 14.5. The SMILES string of the molecule is COc1cc(CNC(C)Cn2nc(C)cc2C)cc2c1OCO2.Cl. The lowest BCUT2D eigenvalue weighted by Crippen LogP contribution is -2.30. The van der Waals surface area contributed by atoms with E-state index in [1.54, 1.807) is 7.11 Å². The van der Waals surface area contributed by atoms with Crippen LogP contribution in [0.2, 0.25) is 0 Å². The van der Waals surface area contributed by atoms with Crippen molar-refractivity contribution in [2.75, 3.05) is 13.9 Å². The van der Waals surface area contributed by atoms with Crippen molar-refractivity contribution in [1.82, 2.24) is 15.1 Å². The Kier molecular flexibility index (Phi) is 5.96. The van der Waals surface area contributed by atoms with Gasteiger partial charge in [0.15, 0.2) is 11.5 Å². The third kappa shape index (κ3) is 3.94. The number of nitrogens with zero attached hydrogens (tertiary/aromatic N) is 2. The van der Waals surface area contributed by atoms with Crippen LogP contribution in [-0.4, -0.2) is 29.7 Å². The first-order valence-electron chi connectivity index (χ1n) is 7.77. The van der Waals surface area contributed by atoms with Gasteiger partial charge >= 0.3 is 0 Å². The van der Waals surface area contributed by atoms with E-state index in [9.17, 15) is 0 Å². The highest BCUT2D eigenvalue weighted by molar-refractivity contribution is 5.85. The predicted molar refractivity (Wildman–Crippen MR) is 94.4 cm³/mol. The average Bonchev–Trinajstić information content (AvgIpc) is 3.10. The van der Waals surface area contributed by atoms with Crippen LogP contribution in [0.1, 0.15) is 23.9 Å². The minimum Gasteiger partial charge on any atom is -0.493 e. The summed E-state index contributed by atoms with van der Waals surface area (Å²) in [6.45, 7) is 8.06. The lowest BCUT2D eigenvalue weighted by atomic mass is 10.1. The summed E-state index contributed by atoms with van der Waals surface area (Å²) in [5.74, 6) is 2.14. The number of halogens is 1. The summed E-state index contributed by atoms with van der Waals surface area (Å²) >= 11 is 0. The molecule has 0 saturated carbocycles. The van der Waals surface area contributed by atoms with E-state index in [4.69, 9.17) is 14.2 Å². The molecule has 0 amide bonds. The molecule has 24 heavy (non-hydrogen) atoms. The maximum Gasteiger partial charge on any atom is 0.231 e. The number of aromatic nitrogens is 2. The van der Waals surface area contributed by atoms with E-state index in [0.717, 1.165) is 30.1 Å². The number of rotatable bonds is 6. The second-order valence-corrected chi connectivity index (χ2v) is 5.92. The van der Waals surface area contributed by atoms with Gasteiger partial charge < -0.3 is 19.5 Å². The summed E-state index contributed by atoms with van der Waals surface area (Å²) in [6.07, 6.45) is 0. The Morgan fingerprint density at radius 3 is 2.75 bits per heavy atom. The van der Waals surface area contributed by atoms with Crippen LogP contribution in [0.5, 0.6) is 17.2 Å². The van der Waals surface area contributed by atoms with Gasteiger partial charge in [0, 0.05) is 18.3 Å². The Balaban J connectivity index is 0.00000208. The largest absolute Gasteiger partial charge is 0.493 e. The molecule has 1 aliphatic heterocycles. The van der Waals surface area contributed by atoms with Crippen LogP contribution in [0.15, 0.2) is 18.2 Å². The zero-order valence-corrected chi connectivity index (χ0v) is 15.3. The first kappa shape index (κ1) is 18.4. The van der Waals surface area contributed by atoms with Crippen molar-refractivity contribution < 1.29 is 14.2 Å². The average molecular weight is 354 g/mol. The van der Waals surface area contributed by atoms with Crippen LogP contribution < -0.4 is 19.5 Å². The highest BCUT2D eigenvalue weighted by Crippen LogP contribution is 2.41. The van der Waals surface area contributed by atoms with Gasteiger partial charge in [-0.2, -0.15) is 5.10 Å². The second-order valence-electron chi connectivity index (χ2n) is 5.92. The van der Waals surface area contributed by atoms with Gasteiger partial charge in [0.25, 0.3) is 0 Å². The molecule has 0 bridgehead atoms. The van der Waals surface area contributed by atoms with E-state index < -0.39 is 0 Å². The van der Waals surface area contributed by atoms with Gasteiger partial charge in [-0.1, -0.05) is 0 Å². The number of hydrogen-bond acceptors (Lipinski definition) is 5. The number of fused-ring (bicyclic) bond motifs is 1. The molecule has 3 rings (SSSR count). The number of hydrogen-bond donors (Lipinski definition) is 1. The van der Waals surface area contributed by atoms with Gasteiger partial charge in [-0.25, -0.2) is 0 Å². The number of benzene rings is 1. The van der Waals surface area contributed by atoms with Gasteiger partial charge in [0.05, 0.1) is 19.3 Å². The van der Waals surface area contributed by atoms with E-state index in [2.05, 4.69) is 30.3 Å². The van der Waals surface area contributed by atoms with E-state index in [1.165, 1.54) is 5.69 Å². The van der Waals surface area contributed by atoms with E-state index >= 15 is 0 Å². The van der Waals surface area contributed by atoms with Crippen LogP contribution >= 0.6 is 12.4 Å². The van der Waals surface area contributed by atoms with E-state index in [0.29, 0.717) is 17.5 Å². The van der Waals surface area contributed by atoms with Crippen LogP contribution in [0.25, 0.3) is 0 Å². The van der Waals surface area contributed by atoms with Gasteiger partial charge in [-0.05, 0) is 44.5 Å². The minimum absolute atomic E-state index is 0. The molecule has 0 spiro atoms. The fourth-order valence-corrected chi connectivity index (χ4v) is 2.76. The number of ether oxygens (including phenoxy) is 3. The molecule has 1 unspecified atom stereocenters. The highest BCUT2D eigenvalue weighted by Gasteiger charge is 2.20. The van der Waals surface area contributed by atoms with Crippen molar-refractivity contribution >= 4 is 12.4 Å². The van der Waals surface area contributed by atoms with Gasteiger partial charge in [-0.15, -0.1) is 12.4 Å². The lowest BCUT2D eigenvalue weighted by molar-refractivity contribution is 0.171. The van der Waals surface area contributed by atoms with Gasteiger partial charge in [0.2, 0.25) is 12.5 Å². The number of aryl methyl sites for hydroxylation is 2. The monoisotopic (exact) mass is 353 g/mol. The molecule has 0 aliphatic carbocycles. The number of methoxy groups -OCH3 is 1. The smallest absolute Gasteiger partial charge is 0.231 e.